The van der Waals surface area contributed by atoms with Gasteiger partial charge in [0.05, 0.1) is 7.11 Å². The van der Waals surface area contributed by atoms with Gasteiger partial charge in [0.1, 0.15) is 11.6 Å². The van der Waals surface area contributed by atoms with Crippen LogP contribution in [0.3, 0.4) is 0 Å². The summed E-state index contributed by atoms with van der Waals surface area (Å²) in [7, 11) is 1.33. The van der Waals surface area contributed by atoms with Crippen LogP contribution in [0, 0.1) is 0 Å². The molecule has 2 aromatic carbocycles. The molecule has 3 atom stereocenters. The highest BCUT2D eigenvalue weighted by molar-refractivity contribution is 8.13. The van der Waals surface area contributed by atoms with Crippen LogP contribution in [-0.2, 0) is 14.3 Å². The Bertz CT molecular complexity index is 1120. The Labute approximate surface area is 239 Å². The van der Waals surface area contributed by atoms with Crippen LogP contribution in [0.2, 0.25) is 0 Å². The van der Waals surface area contributed by atoms with E-state index in [-0.39, 0.29) is 22.5 Å². The third-order valence-electron chi connectivity index (χ3n) is 6.09. The molecule has 3 rings (SSSR count). The van der Waals surface area contributed by atoms with E-state index in [0.29, 0.717) is 18.5 Å². The maximum Gasteiger partial charge on any atom is 0.368 e. The number of thioether (sulfide) groups is 2. The van der Waals surface area contributed by atoms with E-state index in [1.807, 2.05) is 69.5 Å². The molecule has 1 aliphatic rings. The van der Waals surface area contributed by atoms with Crippen molar-refractivity contribution in [3.05, 3.63) is 54.1 Å². The quantitative estimate of drug-likeness (QED) is 0.313. The van der Waals surface area contributed by atoms with Crippen LogP contribution in [0.1, 0.15) is 44.0 Å². The molecule has 1 saturated heterocycles. The van der Waals surface area contributed by atoms with Crippen LogP contribution in [-0.4, -0.2) is 72.3 Å². The lowest BCUT2D eigenvalue weighted by atomic mass is 10.0. The Morgan fingerprint density at radius 2 is 1.85 bits per heavy atom. The van der Waals surface area contributed by atoms with Crippen molar-refractivity contribution in [1.82, 2.24) is 10.6 Å². The molecular formula is C29H39N3O5S2. The second-order valence-electron chi connectivity index (χ2n) is 10.4. The summed E-state index contributed by atoms with van der Waals surface area (Å²) < 4.78 is 10.3. The van der Waals surface area contributed by atoms with Gasteiger partial charge in [0.15, 0.2) is 0 Å². The monoisotopic (exact) mass is 573 g/mol. The van der Waals surface area contributed by atoms with Crippen LogP contribution in [0.25, 0.3) is 11.1 Å². The van der Waals surface area contributed by atoms with E-state index in [9.17, 15) is 14.4 Å². The molecule has 10 heteroatoms. The van der Waals surface area contributed by atoms with Gasteiger partial charge in [-0.2, -0.15) is 11.8 Å². The van der Waals surface area contributed by atoms with E-state index >= 15 is 0 Å². The van der Waals surface area contributed by atoms with E-state index in [2.05, 4.69) is 16.0 Å². The standard InChI is InChI=1S/C29H39N3O5S2/c1-29(2,3)37-28(35)39-24-16-23(31-18-24)17-30-22-14-20(19-9-7-6-8-10-19)13-21(15-22)26(33)32-25(11-12-38-5)27(34)36-4/h6-10,13-15,23-25,30-31H,11-12,16-18H2,1-5H3,(H,32,33)/t23-,24-,25-/m0/s1. The smallest absolute Gasteiger partial charge is 0.368 e. The molecule has 0 unspecified atom stereocenters. The highest BCUT2D eigenvalue weighted by Crippen LogP contribution is 2.27. The lowest BCUT2D eigenvalue weighted by molar-refractivity contribution is -0.142. The van der Waals surface area contributed by atoms with Gasteiger partial charge in [0, 0.05) is 35.6 Å². The lowest BCUT2D eigenvalue weighted by Gasteiger charge is -2.20. The first-order valence-electron chi connectivity index (χ1n) is 13.0. The summed E-state index contributed by atoms with van der Waals surface area (Å²) in [5.74, 6) is -0.0698. The summed E-state index contributed by atoms with van der Waals surface area (Å²) in [5.41, 5.74) is 2.62. The summed E-state index contributed by atoms with van der Waals surface area (Å²) in [6.45, 7) is 6.94. The van der Waals surface area contributed by atoms with Crippen molar-refractivity contribution in [3.8, 4) is 11.1 Å². The maximum absolute atomic E-state index is 13.3. The third kappa shape index (κ3) is 10.1. The lowest BCUT2D eigenvalue weighted by Crippen LogP contribution is -2.42. The van der Waals surface area contributed by atoms with Gasteiger partial charge in [-0.15, -0.1) is 0 Å². The molecule has 0 spiro atoms. The predicted molar refractivity (Wildman–Crippen MR) is 161 cm³/mol. The van der Waals surface area contributed by atoms with E-state index in [0.717, 1.165) is 35.5 Å². The van der Waals surface area contributed by atoms with Gasteiger partial charge >= 0.3 is 11.3 Å². The summed E-state index contributed by atoms with van der Waals surface area (Å²) >= 11 is 2.84. The zero-order chi connectivity index (χ0) is 28.4. The van der Waals surface area contributed by atoms with Crippen molar-refractivity contribution in [3.63, 3.8) is 0 Å². The van der Waals surface area contributed by atoms with Crippen molar-refractivity contribution < 1.29 is 23.9 Å². The molecule has 3 N–H and O–H groups in total. The minimum absolute atomic E-state index is 0.139. The third-order valence-corrected chi connectivity index (χ3v) is 7.70. The minimum Gasteiger partial charge on any atom is -0.467 e. The highest BCUT2D eigenvalue weighted by Gasteiger charge is 2.29. The number of nitrogens with one attached hydrogen (secondary N) is 3. The first kappa shape index (κ1) is 30.8. The Morgan fingerprint density at radius 1 is 1.10 bits per heavy atom. The summed E-state index contributed by atoms with van der Waals surface area (Å²) in [5, 5.41) is 9.67. The van der Waals surface area contributed by atoms with Gasteiger partial charge in [-0.1, -0.05) is 30.3 Å². The Balaban J connectivity index is 1.71. The fraction of sp³-hybridized carbons (Fsp3) is 0.483. The second kappa shape index (κ2) is 14.6. The van der Waals surface area contributed by atoms with Gasteiger partial charge in [0.25, 0.3) is 5.91 Å². The van der Waals surface area contributed by atoms with E-state index in [4.69, 9.17) is 9.47 Å². The molecule has 0 radical (unpaired) electrons. The zero-order valence-corrected chi connectivity index (χ0v) is 24.9. The number of carbonyl (C=O) groups is 3. The Hall–Kier alpha value is -2.69. The number of benzene rings is 2. The zero-order valence-electron chi connectivity index (χ0n) is 23.2. The topological polar surface area (TPSA) is 106 Å². The van der Waals surface area contributed by atoms with E-state index in [1.54, 1.807) is 17.8 Å². The predicted octanol–water partition coefficient (Wildman–Crippen LogP) is 5.19. The molecule has 212 valence electrons. The molecule has 0 bridgehead atoms. The normalized spacial score (nSPS) is 17.8. The number of amides is 1. The number of carbonyl (C=O) groups excluding carboxylic acids is 3. The molecule has 8 nitrogen and oxygen atoms in total. The van der Waals surface area contributed by atoms with Gasteiger partial charge in [-0.3, -0.25) is 4.79 Å². The Kier molecular flexibility index (Phi) is 11.6. The van der Waals surface area contributed by atoms with Gasteiger partial charge < -0.3 is 25.4 Å². The van der Waals surface area contributed by atoms with E-state index < -0.39 is 17.6 Å². The first-order chi connectivity index (χ1) is 18.6. The van der Waals surface area contributed by atoms with Crippen molar-refractivity contribution in [2.24, 2.45) is 0 Å². The average molecular weight is 574 g/mol. The minimum atomic E-state index is -0.714. The molecule has 0 saturated carbocycles. The number of methoxy groups -OCH3 is 1. The Morgan fingerprint density at radius 3 is 2.51 bits per heavy atom. The van der Waals surface area contributed by atoms with E-state index in [1.165, 1.54) is 18.9 Å². The largest absolute Gasteiger partial charge is 0.467 e. The number of hydrogen-bond donors (Lipinski definition) is 3. The maximum atomic E-state index is 13.3. The second-order valence-corrected chi connectivity index (χ2v) is 12.6. The first-order valence-corrected chi connectivity index (χ1v) is 15.3. The molecule has 39 heavy (non-hydrogen) atoms. The number of esters is 1. The van der Waals surface area contributed by atoms with Crippen LogP contribution in [0.4, 0.5) is 10.5 Å². The summed E-state index contributed by atoms with van der Waals surface area (Å²) in [4.78, 5) is 37.7. The molecule has 0 aromatic heterocycles. The molecule has 1 heterocycles. The SMILES string of the molecule is COC(=O)[C@H](CCSC)NC(=O)c1cc(NC[C@@H]2C[C@H](SC(=O)OC(C)(C)C)CN2)cc(-c2ccccc2)c1. The fourth-order valence-electron chi connectivity index (χ4n) is 4.21. The van der Waals surface area contributed by atoms with Crippen LogP contribution in [0.15, 0.2) is 48.5 Å². The van der Waals surface area contributed by atoms with Gasteiger partial charge in [-0.25, -0.2) is 9.59 Å². The van der Waals surface area contributed by atoms with Crippen molar-refractivity contribution >= 4 is 46.4 Å². The molecule has 1 aliphatic heterocycles. The number of hydrogen-bond acceptors (Lipinski definition) is 9. The van der Waals surface area contributed by atoms with Crippen molar-refractivity contribution in [1.29, 1.82) is 0 Å². The molecule has 0 aliphatic carbocycles. The van der Waals surface area contributed by atoms with Crippen LogP contribution in [0.5, 0.6) is 0 Å². The number of anilines is 1. The van der Waals surface area contributed by atoms with Gasteiger partial charge in [-0.05, 0) is 86.7 Å². The molecular weight excluding hydrogens is 534 g/mol. The number of ether oxygens (including phenoxy) is 2. The molecule has 2 aromatic rings. The van der Waals surface area contributed by atoms with Crippen LogP contribution >= 0.6 is 23.5 Å². The average Bonchev–Trinajstić information content (AvgIpc) is 3.35. The molecule has 1 amide bonds. The summed E-state index contributed by atoms with van der Waals surface area (Å²) in [6, 6.07) is 14.9. The fourth-order valence-corrected chi connectivity index (χ4v) is 5.75. The highest BCUT2D eigenvalue weighted by atomic mass is 32.2. The van der Waals surface area contributed by atoms with Crippen molar-refractivity contribution in [2.45, 2.75) is 56.5 Å². The molecule has 1 fully saturated rings. The number of rotatable bonds is 11. The van der Waals surface area contributed by atoms with Crippen LogP contribution < -0.4 is 16.0 Å². The van der Waals surface area contributed by atoms with Crippen molar-refractivity contribution in [2.75, 3.05) is 37.5 Å². The summed E-state index contributed by atoms with van der Waals surface area (Å²) in [6.07, 6.45) is 3.26. The van der Waals surface area contributed by atoms with Gasteiger partial charge in [0.2, 0.25) is 0 Å².